The smallest absolute Gasteiger partial charge is 0.290 e. The summed E-state index contributed by atoms with van der Waals surface area (Å²) in [4.78, 5) is 28.9. The van der Waals surface area contributed by atoms with Crippen molar-refractivity contribution in [2.75, 3.05) is 6.54 Å². The van der Waals surface area contributed by atoms with Gasteiger partial charge in [0.15, 0.2) is 5.76 Å². The molecular weight excluding hydrogens is 412 g/mol. The Hall–Kier alpha value is -3.34. The Bertz CT molecular complexity index is 1040. The molecule has 0 saturated heterocycles. The van der Waals surface area contributed by atoms with E-state index in [1.807, 2.05) is 42.5 Å². The van der Waals surface area contributed by atoms with E-state index in [2.05, 4.69) is 24.4 Å². The fourth-order valence-electron chi connectivity index (χ4n) is 4.66. The van der Waals surface area contributed by atoms with Gasteiger partial charge in [-0.2, -0.15) is 0 Å². The number of nitrogens with zero attached hydrogens (tertiary/aromatic N) is 1. The molecule has 1 saturated carbocycles. The maximum Gasteiger partial charge on any atom is 0.290 e. The molecule has 1 aromatic heterocycles. The Morgan fingerprint density at radius 1 is 0.970 bits per heavy atom. The summed E-state index contributed by atoms with van der Waals surface area (Å²) in [7, 11) is 0. The van der Waals surface area contributed by atoms with E-state index in [0.29, 0.717) is 13.0 Å². The number of aryl methyl sites for hydroxylation is 1. The number of nitrogens with one attached hydrogen (secondary N) is 1. The van der Waals surface area contributed by atoms with Crippen molar-refractivity contribution in [1.82, 2.24) is 10.2 Å². The summed E-state index contributed by atoms with van der Waals surface area (Å²) < 4.78 is 5.44. The van der Waals surface area contributed by atoms with E-state index in [-0.39, 0.29) is 23.6 Å². The lowest BCUT2D eigenvalue weighted by Crippen LogP contribution is -2.47. The zero-order chi connectivity index (χ0) is 23.0. The molecule has 2 aromatic carbocycles. The first-order valence-corrected chi connectivity index (χ1v) is 11.9. The second kappa shape index (κ2) is 11.0. The van der Waals surface area contributed by atoms with Crippen LogP contribution in [0, 0.1) is 6.92 Å². The number of amides is 2. The highest BCUT2D eigenvalue weighted by molar-refractivity contribution is 5.96. The number of hydrogen-bond donors (Lipinski definition) is 1. The fourth-order valence-corrected chi connectivity index (χ4v) is 4.66. The van der Waals surface area contributed by atoms with Gasteiger partial charge in [0.25, 0.3) is 5.91 Å². The molecule has 5 heteroatoms. The van der Waals surface area contributed by atoms with E-state index in [9.17, 15) is 9.59 Å². The minimum absolute atomic E-state index is 0.127. The van der Waals surface area contributed by atoms with Crippen molar-refractivity contribution in [3.8, 4) is 0 Å². The molecule has 3 aromatic rings. The van der Waals surface area contributed by atoms with Crippen molar-refractivity contribution in [2.45, 2.75) is 57.5 Å². The number of carbonyl (C=O) groups excluding carboxylic acids is 2. The molecule has 1 aliphatic rings. The molecule has 0 bridgehead atoms. The zero-order valence-corrected chi connectivity index (χ0v) is 19.2. The van der Waals surface area contributed by atoms with Crippen LogP contribution in [0.15, 0.2) is 77.4 Å². The Morgan fingerprint density at radius 2 is 1.70 bits per heavy atom. The summed E-state index contributed by atoms with van der Waals surface area (Å²) >= 11 is 0. The molecule has 2 amide bonds. The van der Waals surface area contributed by atoms with Gasteiger partial charge in [-0.1, -0.05) is 73.9 Å². The van der Waals surface area contributed by atoms with Crippen LogP contribution in [0.1, 0.15) is 65.4 Å². The molecule has 1 fully saturated rings. The van der Waals surface area contributed by atoms with Gasteiger partial charge in [-0.05, 0) is 55.0 Å². The van der Waals surface area contributed by atoms with Crippen LogP contribution in [0.2, 0.25) is 0 Å². The van der Waals surface area contributed by atoms with Crippen molar-refractivity contribution in [3.05, 3.63) is 95.4 Å². The summed E-state index contributed by atoms with van der Waals surface area (Å²) in [5, 5.41) is 3.24. The van der Waals surface area contributed by atoms with E-state index in [1.165, 1.54) is 18.2 Å². The van der Waals surface area contributed by atoms with Gasteiger partial charge >= 0.3 is 0 Å². The second-order valence-electron chi connectivity index (χ2n) is 8.81. The molecule has 0 spiro atoms. The topological polar surface area (TPSA) is 62.6 Å². The average molecular weight is 445 g/mol. The van der Waals surface area contributed by atoms with Gasteiger partial charge in [0.05, 0.1) is 6.26 Å². The standard InChI is InChI=1S/C28H32N2O3/c1-21-11-8-9-12-22(21)18-19-30(28(32)25-17-10-20-33-25)26(23-13-4-2-5-14-23)27(31)29-24-15-6-3-7-16-24/h2,4-5,8-14,17,20,24,26H,3,6-7,15-16,18-19H2,1H3,(H,29,31). The van der Waals surface area contributed by atoms with Crippen LogP contribution >= 0.6 is 0 Å². The van der Waals surface area contributed by atoms with Gasteiger partial charge in [-0.3, -0.25) is 9.59 Å². The third kappa shape index (κ3) is 5.72. The highest BCUT2D eigenvalue weighted by atomic mass is 16.3. The molecule has 1 N–H and O–H groups in total. The third-order valence-corrected chi connectivity index (χ3v) is 6.50. The number of furan rings is 1. The number of benzene rings is 2. The van der Waals surface area contributed by atoms with Crippen LogP contribution in [0.25, 0.3) is 0 Å². The number of carbonyl (C=O) groups is 2. The molecule has 1 atom stereocenters. The van der Waals surface area contributed by atoms with Crippen molar-refractivity contribution in [2.24, 2.45) is 0 Å². The van der Waals surface area contributed by atoms with Crippen LogP contribution in [0.3, 0.4) is 0 Å². The van der Waals surface area contributed by atoms with Crippen LogP contribution in [0.5, 0.6) is 0 Å². The highest BCUT2D eigenvalue weighted by Crippen LogP contribution is 2.26. The third-order valence-electron chi connectivity index (χ3n) is 6.50. The quantitative estimate of drug-likeness (QED) is 0.502. The van der Waals surface area contributed by atoms with Gasteiger partial charge in [0.2, 0.25) is 5.91 Å². The first-order valence-electron chi connectivity index (χ1n) is 11.9. The van der Waals surface area contributed by atoms with E-state index < -0.39 is 6.04 Å². The summed E-state index contributed by atoms with van der Waals surface area (Å²) in [6, 6.07) is 20.5. The SMILES string of the molecule is Cc1ccccc1CCN(C(=O)c1ccco1)C(C(=O)NC1CCCCC1)c1ccccc1. The Kier molecular flexibility index (Phi) is 7.61. The minimum atomic E-state index is -0.727. The fraction of sp³-hybridized carbons (Fsp3) is 0.357. The van der Waals surface area contributed by atoms with Gasteiger partial charge in [0.1, 0.15) is 6.04 Å². The maximum absolute atomic E-state index is 13.7. The molecule has 0 radical (unpaired) electrons. The first-order chi connectivity index (χ1) is 16.1. The first kappa shape index (κ1) is 22.8. The van der Waals surface area contributed by atoms with Gasteiger partial charge < -0.3 is 14.6 Å². The number of rotatable bonds is 8. The van der Waals surface area contributed by atoms with Crippen molar-refractivity contribution in [3.63, 3.8) is 0 Å². The molecule has 1 unspecified atom stereocenters. The lowest BCUT2D eigenvalue weighted by Gasteiger charge is -2.33. The minimum Gasteiger partial charge on any atom is -0.459 e. The predicted molar refractivity (Wildman–Crippen MR) is 129 cm³/mol. The van der Waals surface area contributed by atoms with Crippen LogP contribution < -0.4 is 5.32 Å². The van der Waals surface area contributed by atoms with E-state index in [0.717, 1.165) is 36.8 Å². The summed E-state index contributed by atoms with van der Waals surface area (Å²) in [6.45, 7) is 2.47. The van der Waals surface area contributed by atoms with Crippen LogP contribution in [0.4, 0.5) is 0 Å². The Balaban J connectivity index is 1.66. The van der Waals surface area contributed by atoms with E-state index in [1.54, 1.807) is 17.0 Å². The van der Waals surface area contributed by atoms with Gasteiger partial charge in [0, 0.05) is 12.6 Å². The second-order valence-corrected chi connectivity index (χ2v) is 8.81. The highest BCUT2D eigenvalue weighted by Gasteiger charge is 2.34. The lowest BCUT2D eigenvalue weighted by atomic mass is 9.94. The summed E-state index contributed by atoms with van der Waals surface area (Å²) in [5.74, 6) is -0.162. The molecule has 0 aliphatic heterocycles. The normalized spacial score (nSPS) is 15.1. The molecule has 5 nitrogen and oxygen atoms in total. The molecular formula is C28H32N2O3. The average Bonchev–Trinajstić information content (AvgIpc) is 3.38. The molecule has 1 heterocycles. The summed E-state index contributed by atoms with van der Waals surface area (Å²) in [5.41, 5.74) is 3.13. The molecule has 33 heavy (non-hydrogen) atoms. The molecule has 1 aliphatic carbocycles. The Labute approximate surface area is 195 Å². The number of hydrogen-bond acceptors (Lipinski definition) is 3. The van der Waals surface area contributed by atoms with Crippen molar-refractivity contribution in [1.29, 1.82) is 0 Å². The van der Waals surface area contributed by atoms with Crippen molar-refractivity contribution >= 4 is 11.8 Å². The summed E-state index contributed by atoms with van der Waals surface area (Å²) in [6.07, 6.45) is 7.59. The van der Waals surface area contributed by atoms with Gasteiger partial charge in [-0.25, -0.2) is 0 Å². The van der Waals surface area contributed by atoms with E-state index in [4.69, 9.17) is 4.42 Å². The maximum atomic E-state index is 13.7. The Morgan fingerprint density at radius 3 is 2.39 bits per heavy atom. The molecule has 172 valence electrons. The van der Waals surface area contributed by atoms with Crippen LogP contribution in [-0.4, -0.2) is 29.3 Å². The predicted octanol–water partition coefficient (Wildman–Crippen LogP) is 5.46. The monoisotopic (exact) mass is 444 g/mol. The largest absolute Gasteiger partial charge is 0.459 e. The van der Waals surface area contributed by atoms with E-state index >= 15 is 0 Å². The lowest BCUT2D eigenvalue weighted by molar-refractivity contribution is -0.126. The zero-order valence-electron chi connectivity index (χ0n) is 19.2. The van der Waals surface area contributed by atoms with Crippen molar-refractivity contribution < 1.29 is 14.0 Å². The molecule has 4 rings (SSSR count). The van der Waals surface area contributed by atoms with Crippen LogP contribution in [-0.2, 0) is 11.2 Å². The van der Waals surface area contributed by atoms with Gasteiger partial charge in [-0.15, -0.1) is 0 Å².